The second-order valence-electron chi connectivity index (χ2n) is 8.13. The summed E-state index contributed by atoms with van der Waals surface area (Å²) in [5.74, 6) is -0.290. The highest BCUT2D eigenvalue weighted by Crippen LogP contribution is 2.40. The van der Waals surface area contributed by atoms with Crippen LogP contribution >= 0.6 is 0 Å². The summed E-state index contributed by atoms with van der Waals surface area (Å²) in [4.78, 5) is 12.1. The quantitative estimate of drug-likeness (QED) is 0.777. The molecular formula is C24H29NO3. The number of morpholine rings is 1. The van der Waals surface area contributed by atoms with Gasteiger partial charge < -0.3 is 15.2 Å². The fourth-order valence-electron chi connectivity index (χ4n) is 4.79. The Labute approximate surface area is 166 Å². The van der Waals surface area contributed by atoms with Gasteiger partial charge in [0.25, 0.3) is 0 Å². The maximum atomic E-state index is 12.1. The summed E-state index contributed by atoms with van der Waals surface area (Å²) in [6.07, 6.45) is 5.91. The number of rotatable bonds is 5. The van der Waals surface area contributed by atoms with Gasteiger partial charge in [0.1, 0.15) is 6.10 Å². The highest BCUT2D eigenvalue weighted by atomic mass is 16.5. The minimum Gasteiger partial charge on any atom is -0.479 e. The van der Waals surface area contributed by atoms with E-state index in [1.165, 1.54) is 32.1 Å². The zero-order valence-corrected chi connectivity index (χ0v) is 16.2. The number of hydrogen-bond donors (Lipinski definition) is 2. The zero-order valence-electron chi connectivity index (χ0n) is 16.2. The van der Waals surface area contributed by atoms with Gasteiger partial charge in [-0.3, -0.25) is 0 Å². The standard InChI is InChI=1S/C24H29NO3/c26-24(27)23-20(16-17-10-4-1-5-11-17)25-21(18-12-6-2-7-13-18)22(28-23)19-14-8-3-9-15-19/h2-3,6-9,12-15,17,20-23,25H,1,4-5,10-11,16H2,(H,26,27)/t20-,21-,22+,23+/m1/s1. The normalized spacial score (nSPS) is 28.7. The Morgan fingerprint density at radius 1 is 0.929 bits per heavy atom. The molecule has 4 rings (SSSR count). The average Bonchev–Trinajstić information content (AvgIpc) is 2.75. The summed E-state index contributed by atoms with van der Waals surface area (Å²) < 4.78 is 6.29. The summed E-state index contributed by atoms with van der Waals surface area (Å²) in [5.41, 5.74) is 2.14. The van der Waals surface area contributed by atoms with Crippen molar-refractivity contribution >= 4 is 5.97 Å². The fourth-order valence-corrected chi connectivity index (χ4v) is 4.79. The second kappa shape index (κ2) is 8.89. The van der Waals surface area contributed by atoms with Crippen molar-refractivity contribution < 1.29 is 14.6 Å². The Morgan fingerprint density at radius 2 is 1.54 bits per heavy atom. The Morgan fingerprint density at radius 3 is 2.14 bits per heavy atom. The van der Waals surface area contributed by atoms with E-state index < -0.39 is 12.1 Å². The van der Waals surface area contributed by atoms with Crippen molar-refractivity contribution in [3.8, 4) is 0 Å². The molecule has 148 valence electrons. The van der Waals surface area contributed by atoms with E-state index in [-0.39, 0.29) is 18.2 Å². The number of nitrogens with one attached hydrogen (secondary N) is 1. The van der Waals surface area contributed by atoms with Crippen LogP contribution in [-0.4, -0.2) is 23.2 Å². The topological polar surface area (TPSA) is 58.6 Å². The van der Waals surface area contributed by atoms with Gasteiger partial charge in [-0.2, -0.15) is 0 Å². The molecule has 0 aromatic heterocycles. The summed E-state index contributed by atoms with van der Waals surface area (Å²) in [5, 5.41) is 13.6. The van der Waals surface area contributed by atoms with Gasteiger partial charge in [-0.05, 0) is 23.5 Å². The molecule has 1 heterocycles. The molecule has 1 saturated heterocycles. The molecule has 0 radical (unpaired) electrons. The van der Waals surface area contributed by atoms with Crippen molar-refractivity contribution in [2.24, 2.45) is 5.92 Å². The highest BCUT2D eigenvalue weighted by Gasteiger charge is 2.43. The van der Waals surface area contributed by atoms with Crippen LogP contribution in [0.5, 0.6) is 0 Å². The van der Waals surface area contributed by atoms with Gasteiger partial charge in [-0.25, -0.2) is 4.79 Å². The first kappa shape index (κ1) is 19.2. The summed E-state index contributed by atoms with van der Waals surface area (Å²) in [6.45, 7) is 0. The van der Waals surface area contributed by atoms with E-state index in [4.69, 9.17) is 4.74 Å². The van der Waals surface area contributed by atoms with Crippen molar-refractivity contribution in [1.82, 2.24) is 5.32 Å². The number of carbonyl (C=O) groups is 1. The van der Waals surface area contributed by atoms with Crippen LogP contribution in [0.15, 0.2) is 60.7 Å². The molecule has 4 atom stereocenters. The molecular weight excluding hydrogens is 350 g/mol. The first-order valence-electron chi connectivity index (χ1n) is 10.5. The van der Waals surface area contributed by atoms with Crippen LogP contribution in [0.4, 0.5) is 0 Å². The van der Waals surface area contributed by atoms with Crippen LogP contribution in [0.3, 0.4) is 0 Å². The zero-order chi connectivity index (χ0) is 19.3. The maximum absolute atomic E-state index is 12.1. The number of ether oxygens (including phenoxy) is 1. The van der Waals surface area contributed by atoms with Gasteiger partial charge in [0.2, 0.25) is 0 Å². The molecule has 4 heteroatoms. The predicted octanol–water partition coefficient (Wildman–Crippen LogP) is 4.88. The Kier molecular flexibility index (Phi) is 6.08. The molecule has 4 nitrogen and oxygen atoms in total. The minimum atomic E-state index is -0.874. The number of aliphatic carboxylic acids is 1. The van der Waals surface area contributed by atoms with Crippen LogP contribution in [0.1, 0.15) is 61.8 Å². The first-order valence-corrected chi connectivity index (χ1v) is 10.5. The molecule has 1 saturated carbocycles. The second-order valence-corrected chi connectivity index (χ2v) is 8.13. The fraction of sp³-hybridized carbons (Fsp3) is 0.458. The van der Waals surface area contributed by atoms with Gasteiger partial charge in [0.15, 0.2) is 6.10 Å². The Bertz CT molecular complexity index is 758. The van der Waals surface area contributed by atoms with Crippen molar-refractivity contribution in [1.29, 1.82) is 0 Å². The molecule has 1 aliphatic carbocycles. The van der Waals surface area contributed by atoms with Gasteiger partial charge >= 0.3 is 5.97 Å². The Balaban J connectivity index is 1.63. The molecule has 0 bridgehead atoms. The smallest absolute Gasteiger partial charge is 0.334 e. The number of benzene rings is 2. The van der Waals surface area contributed by atoms with E-state index in [1.54, 1.807) is 0 Å². The average molecular weight is 380 g/mol. The van der Waals surface area contributed by atoms with E-state index >= 15 is 0 Å². The van der Waals surface area contributed by atoms with E-state index in [0.717, 1.165) is 17.5 Å². The lowest BCUT2D eigenvalue weighted by atomic mass is 9.82. The molecule has 28 heavy (non-hydrogen) atoms. The number of carboxylic acid groups (broad SMARTS) is 1. The summed E-state index contributed by atoms with van der Waals surface area (Å²) in [6, 6.07) is 20.0. The van der Waals surface area contributed by atoms with Crippen LogP contribution in [-0.2, 0) is 9.53 Å². The highest BCUT2D eigenvalue weighted by molar-refractivity contribution is 5.73. The van der Waals surface area contributed by atoms with E-state index in [0.29, 0.717) is 5.92 Å². The summed E-state index contributed by atoms with van der Waals surface area (Å²) >= 11 is 0. The van der Waals surface area contributed by atoms with Crippen molar-refractivity contribution in [2.45, 2.75) is 62.8 Å². The third-order valence-corrected chi connectivity index (χ3v) is 6.20. The monoisotopic (exact) mass is 379 g/mol. The molecule has 2 aromatic carbocycles. The van der Waals surface area contributed by atoms with Crippen molar-refractivity contribution in [2.75, 3.05) is 0 Å². The van der Waals surface area contributed by atoms with Crippen LogP contribution < -0.4 is 5.32 Å². The van der Waals surface area contributed by atoms with Crippen LogP contribution in [0, 0.1) is 5.92 Å². The lowest BCUT2D eigenvalue weighted by Gasteiger charge is -2.43. The van der Waals surface area contributed by atoms with Gasteiger partial charge in [0, 0.05) is 6.04 Å². The third-order valence-electron chi connectivity index (χ3n) is 6.20. The first-order chi connectivity index (χ1) is 13.7. The molecule has 2 N–H and O–H groups in total. The predicted molar refractivity (Wildman–Crippen MR) is 109 cm³/mol. The largest absolute Gasteiger partial charge is 0.479 e. The van der Waals surface area contributed by atoms with Gasteiger partial charge in [0.05, 0.1) is 6.04 Å². The third kappa shape index (κ3) is 4.29. The molecule has 2 aromatic rings. The van der Waals surface area contributed by atoms with E-state index in [9.17, 15) is 9.90 Å². The molecule has 0 amide bonds. The lowest BCUT2D eigenvalue weighted by molar-refractivity contribution is -0.167. The molecule has 1 aliphatic heterocycles. The molecule has 2 fully saturated rings. The van der Waals surface area contributed by atoms with Crippen molar-refractivity contribution in [3.63, 3.8) is 0 Å². The van der Waals surface area contributed by atoms with E-state index in [2.05, 4.69) is 17.4 Å². The maximum Gasteiger partial charge on any atom is 0.334 e. The van der Waals surface area contributed by atoms with Gasteiger partial charge in [-0.1, -0.05) is 92.8 Å². The number of carboxylic acids is 1. The lowest BCUT2D eigenvalue weighted by Crippen LogP contribution is -2.55. The number of hydrogen-bond acceptors (Lipinski definition) is 3. The van der Waals surface area contributed by atoms with Gasteiger partial charge in [-0.15, -0.1) is 0 Å². The molecule has 2 aliphatic rings. The Hall–Kier alpha value is -2.17. The molecule has 0 spiro atoms. The SMILES string of the molecule is O=C(O)[C@H]1O[C@@H](c2ccccc2)[C@@H](c2ccccc2)N[C@@H]1CC1CCCCC1. The molecule has 0 unspecified atom stereocenters. The minimum absolute atomic E-state index is 0.0622. The van der Waals surface area contributed by atoms with E-state index in [1.807, 2.05) is 48.5 Å². The van der Waals surface area contributed by atoms with Crippen LogP contribution in [0.2, 0.25) is 0 Å². The van der Waals surface area contributed by atoms with Crippen LogP contribution in [0.25, 0.3) is 0 Å². The van der Waals surface area contributed by atoms with Crippen molar-refractivity contribution in [3.05, 3.63) is 71.8 Å². The summed E-state index contributed by atoms with van der Waals surface area (Å²) in [7, 11) is 0.